The first kappa shape index (κ1) is 15.4. The van der Waals surface area contributed by atoms with Gasteiger partial charge in [0.2, 0.25) is 5.91 Å². The summed E-state index contributed by atoms with van der Waals surface area (Å²) in [4.78, 5) is 14.2. The van der Waals surface area contributed by atoms with Crippen molar-refractivity contribution < 1.29 is 19.4 Å². The molecule has 0 aliphatic carbocycles. The van der Waals surface area contributed by atoms with Gasteiger partial charge in [-0.05, 0) is 19.8 Å². The maximum Gasteiger partial charge on any atom is 0.228 e. The monoisotopic (exact) mass is 259 g/mol. The molecule has 1 heterocycles. The first-order chi connectivity index (χ1) is 8.74. The number of rotatable bonds is 8. The van der Waals surface area contributed by atoms with Crippen LogP contribution < -0.4 is 0 Å². The quantitative estimate of drug-likeness (QED) is 0.651. The standard InChI is InChI=1S/C13H25NO4/c1-3-12-11(5-8-18-12)13(16)14(4-2)6-9-17-10-7-15/h11-12,15H,3-10H2,1-2H3. The number of aliphatic hydroxyl groups excluding tert-OH is 1. The SMILES string of the molecule is CCC1OCCC1C(=O)N(CC)CCOCCO. The van der Waals surface area contributed by atoms with Crippen LogP contribution in [0, 0.1) is 5.92 Å². The minimum absolute atomic E-state index is 0.00721. The van der Waals surface area contributed by atoms with E-state index in [0.717, 1.165) is 12.8 Å². The fourth-order valence-corrected chi connectivity index (χ4v) is 2.33. The van der Waals surface area contributed by atoms with Crippen LogP contribution >= 0.6 is 0 Å². The molecule has 0 aromatic carbocycles. The van der Waals surface area contributed by atoms with E-state index in [1.54, 1.807) is 0 Å². The van der Waals surface area contributed by atoms with E-state index >= 15 is 0 Å². The van der Waals surface area contributed by atoms with Gasteiger partial charge in [-0.15, -0.1) is 0 Å². The van der Waals surface area contributed by atoms with Gasteiger partial charge in [0, 0.05) is 19.7 Å². The van der Waals surface area contributed by atoms with Crippen molar-refractivity contribution in [2.75, 3.05) is 39.5 Å². The average Bonchev–Trinajstić information content (AvgIpc) is 2.86. The number of amides is 1. The zero-order valence-corrected chi connectivity index (χ0v) is 11.4. The van der Waals surface area contributed by atoms with E-state index in [1.807, 2.05) is 11.8 Å². The molecule has 0 radical (unpaired) electrons. The normalized spacial score (nSPS) is 23.3. The third-order valence-electron chi connectivity index (χ3n) is 3.36. The fourth-order valence-electron chi connectivity index (χ4n) is 2.33. The Morgan fingerprint density at radius 3 is 2.83 bits per heavy atom. The molecule has 0 bridgehead atoms. The second-order valence-corrected chi connectivity index (χ2v) is 4.47. The summed E-state index contributed by atoms with van der Waals surface area (Å²) < 4.78 is 10.8. The van der Waals surface area contributed by atoms with Gasteiger partial charge in [-0.1, -0.05) is 6.92 Å². The summed E-state index contributed by atoms with van der Waals surface area (Å²) in [6.45, 7) is 6.82. The van der Waals surface area contributed by atoms with E-state index in [2.05, 4.69) is 6.92 Å². The van der Waals surface area contributed by atoms with Gasteiger partial charge in [0.15, 0.2) is 0 Å². The number of carbonyl (C=O) groups is 1. The highest BCUT2D eigenvalue weighted by Gasteiger charge is 2.34. The average molecular weight is 259 g/mol. The van der Waals surface area contributed by atoms with Crippen LogP contribution in [0.1, 0.15) is 26.7 Å². The van der Waals surface area contributed by atoms with Gasteiger partial charge in [-0.25, -0.2) is 0 Å². The van der Waals surface area contributed by atoms with Gasteiger partial charge in [0.05, 0.1) is 31.8 Å². The highest BCUT2D eigenvalue weighted by molar-refractivity contribution is 5.79. The van der Waals surface area contributed by atoms with E-state index in [4.69, 9.17) is 14.6 Å². The molecular weight excluding hydrogens is 234 g/mol. The summed E-state index contributed by atoms with van der Waals surface area (Å²) in [7, 11) is 0. The second kappa shape index (κ2) is 8.45. The van der Waals surface area contributed by atoms with Crippen LogP contribution in [0.4, 0.5) is 0 Å². The van der Waals surface area contributed by atoms with Gasteiger partial charge in [0.25, 0.3) is 0 Å². The van der Waals surface area contributed by atoms with Gasteiger partial charge >= 0.3 is 0 Å². The molecule has 1 aliphatic rings. The van der Waals surface area contributed by atoms with E-state index in [1.165, 1.54) is 0 Å². The highest BCUT2D eigenvalue weighted by Crippen LogP contribution is 2.25. The summed E-state index contributed by atoms with van der Waals surface area (Å²) in [6.07, 6.45) is 1.78. The minimum Gasteiger partial charge on any atom is -0.394 e. The first-order valence-corrected chi connectivity index (χ1v) is 6.83. The Labute approximate surface area is 109 Å². The molecule has 1 amide bonds. The molecule has 18 heavy (non-hydrogen) atoms. The van der Waals surface area contributed by atoms with Crippen molar-refractivity contribution in [1.82, 2.24) is 4.90 Å². The molecule has 1 rings (SSSR count). The smallest absolute Gasteiger partial charge is 0.228 e. The van der Waals surface area contributed by atoms with Crippen molar-refractivity contribution in [1.29, 1.82) is 0 Å². The first-order valence-electron chi connectivity index (χ1n) is 6.83. The van der Waals surface area contributed by atoms with Gasteiger partial charge in [-0.3, -0.25) is 4.79 Å². The molecule has 1 saturated heterocycles. The number of likely N-dealkylation sites (N-methyl/N-ethyl adjacent to an activating group) is 1. The lowest BCUT2D eigenvalue weighted by molar-refractivity contribution is -0.138. The molecule has 5 heteroatoms. The van der Waals surface area contributed by atoms with Crippen LogP contribution in [0.25, 0.3) is 0 Å². The Morgan fingerprint density at radius 1 is 1.44 bits per heavy atom. The molecule has 0 saturated carbocycles. The number of ether oxygens (including phenoxy) is 2. The van der Waals surface area contributed by atoms with E-state index < -0.39 is 0 Å². The van der Waals surface area contributed by atoms with Crippen LogP contribution in [-0.2, 0) is 14.3 Å². The Balaban J connectivity index is 2.40. The molecule has 0 spiro atoms. The number of carbonyl (C=O) groups excluding carboxylic acids is 1. The van der Waals surface area contributed by atoms with E-state index in [0.29, 0.717) is 32.9 Å². The summed E-state index contributed by atoms with van der Waals surface area (Å²) in [5, 5.41) is 8.62. The Hall–Kier alpha value is -0.650. The molecule has 106 valence electrons. The minimum atomic E-state index is 0.00721. The predicted molar refractivity (Wildman–Crippen MR) is 68.3 cm³/mol. The topological polar surface area (TPSA) is 59.0 Å². The molecule has 2 atom stereocenters. The van der Waals surface area contributed by atoms with Crippen LogP contribution in [0.5, 0.6) is 0 Å². The van der Waals surface area contributed by atoms with Crippen LogP contribution in [0.15, 0.2) is 0 Å². The molecular formula is C13H25NO4. The number of nitrogens with zero attached hydrogens (tertiary/aromatic N) is 1. The second-order valence-electron chi connectivity index (χ2n) is 4.47. The zero-order chi connectivity index (χ0) is 13.4. The van der Waals surface area contributed by atoms with Crippen molar-refractivity contribution in [3.8, 4) is 0 Å². The van der Waals surface area contributed by atoms with Crippen LogP contribution in [0.3, 0.4) is 0 Å². The Bertz CT molecular complexity index is 247. The maximum atomic E-state index is 12.4. The molecule has 0 aromatic rings. The van der Waals surface area contributed by atoms with Crippen molar-refractivity contribution in [3.63, 3.8) is 0 Å². The third kappa shape index (κ3) is 4.23. The Morgan fingerprint density at radius 2 is 2.22 bits per heavy atom. The summed E-state index contributed by atoms with van der Waals surface area (Å²) in [6, 6.07) is 0. The lowest BCUT2D eigenvalue weighted by Crippen LogP contribution is -2.41. The van der Waals surface area contributed by atoms with Gasteiger partial charge < -0.3 is 19.5 Å². The highest BCUT2D eigenvalue weighted by atomic mass is 16.5. The summed E-state index contributed by atoms with van der Waals surface area (Å²) in [5.41, 5.74) is 0. The summed E-state index contributed by atoms with van der Waals surface area (Å²) >= 11 is 0. The van der Waals surface area contributed by atoms with Crippen molar-refractivity contribution in [3.05, 3.63) is 0 Å². The van der Waals surface area contributed by atoms with E-state index in [-0.39, 0.29) is 24.5 Å². The number of hydrogen-bond donors (Lipinski definition) is 1. The van der Waals surface area contributed by atoms with Crippen molar-refractivity contribution in [2.24, 2.45) is 5.92 Å². The zero-order valence-electron chi connectivity index (χ0n) is 11.4. The van der Waals surface area contributed by atoms with Crippen LogP contribution in [0.2, 0.25) is 0 Å². The van der Waals surface area contributed by atoms with Crippen molar-refractivity contribution in [2.45, 2.75) is 32.8 Å². The molecule has 5 nitrogen and oxygen atoms in total. The molecule has 2 unspecified atom stereocenters. The molecule has 1 aliphatic heterocycles. The number of hydrogen-bond acceptors (Lipinski definition) is 4. The van der Waals surface area contributed by atoms with Crippen molar-refractivity contribution >= 4 is 5.91 Å². The van der Waals surface area contributed by atoms with Crippen LogP contribution in [-0.4, -0.2) is 61.5 Å². The number of aliphatic hydroxyl groups is 1. The van der Waals surface area contributed by atoms with Gasteiger partial charge in [0.1, 0.15) is 0 Å². The Kier molecular flexibility index (Phi) is 7.23. The van der Waals surface area contributed by atoms with Gasteiger partial charge in [-0.2, -0.15) is 0 Å². The molecule has 1 N–H and O–H groups in total. The third-order valence-corrected chi connectivity index (χ3v) is 3.36. The maximum absolute atomic E-state index is 12.4. The lowest BCUT2D eigenvalue weighted by Gasteiger charge is -2.26. The fraction of sp³-hybridized carbons (Fsp3) is 0.923. The van der Waals surface area contributed by atoms with E-state index in [9.17, 15) is 4.79 Å². The molecule has 1 fully saturated rings. The summed E-state index contributed by atoms with van der Waals surface area (Å²) in [5.74, 6) is 0.183. The predicted octanol–water partition coefficient (Wildman–Crippen LogP) is 0.659. The molecule has 0 aromatic heterocycles. The lowest BCUT2D eigenvalue weighted by atomic mass is 9.98. The largest absolute Gasteiger partial charge is 0.394 e.